The number of likely N-dealkylation sites (N-methyl/N-ethyl adjacent to an activating group) is 1. The predicted octanol–water partition coefficient (Wildman–Crippen LogP) is 3.64. The van der Waals surface area contributed by atoms with Crippen LogP contribution in [0.25, 0.3) is 10.2 Å². The van der Waals surface area contributed by atoms with E-state index in [0.29, 0.717) is 21.9 Å². The summed E-state index contributed by atoms with van der Waals surface area (Å²) in [6.07, 6.45) is -1.59. The van der Waals surface area contributed by atoms with Crippen molar-refractivity contribution >= 4 is 38.9 Å². The van der Waals surface area contributed by atoms with Crippen molar-refractivity contribution in [2.24, 2.45) is 0 Å². The molecule has 12 heteroatoms. The minimum atomic E-state index is -4.73. The highest BCUT2D eigenvalue weighted by molar-refractivity contribution is 7.22. The van der Waals surface area contributed by atoms with Crippen LogP contribution in [-0.2, 0) is 9.59 Å². The van der Waals surface area contributed by atoms with Gasteiger partial charge in [-0.2, -0.15) is 0 Å². The van der Waals surface area contributed by atoms with E-state index in [0.717, 1.165) is 43.6 Å². The Hall–Kier alpha value is -2.28. The van der Waals surface area contributed by atoms with E-state index >= 15 is 0 Å². The number of hydrogen-bond acceptors (Lipinski definition) is 8. The molecule has 0 bridgehead atoms. The van der Waals surface area contributed by atoms with Gasteiger partial charge in [0.25, 0.3) is 0 Å². The molecular weight excluding hydrogens is 471 g/mol. The Morgan fingerprint density at radius 1 is 1.29 bits per heavy atom. The number of amides is 1. The van der Waals surface area contributed by atoms with Crippen molar-refractivity contribution < 1.29 is 27.5 Å². The molecule has 0 saturated carbocycles. The number of carbonyl (C=O) groups is 2. The third-order valence-corrected chi connectivity index (χ3v) is 5.55. The van der Waals surface area contributed by atoms with Crippen LogP contribution in [0.3, 0.4) is 0 Å². The van der Waals surface area contributed by atoms with Crippen molar-refractivity contribution in [3.63, 3.8) is 0 Å². The number of anilines is 1. The highest BCUT2D eigenvalue weighted by Gasteiger charge is 2.31. The molecule has 0 spiro atoms. The monoisotopic (exact) mass is 505 g/mol. The van der Waals surface area contributed by atoms with Crippen LogP contribution in [0.4, 0.5) is 18.3 Å². The van der Waals surface area contributed by atoms with E-state index < -0.39 is 6.36 Å². The summed E-state index contributed by atoms with van der Waals surface area (Å²) in [4.78, 5) is 27.5. The molecule has 0 aliphatic carbocycles. The Kier molecular flexibility index (Phi) is 12.4. The average molecular weight is 506 g/mol. The lowest BCUT2D eigenvalue weighted by Gasteiger charge is -2.34. The molecule has 3 rings (SSSR count). The number of nitrogens with one attached hydrogen (secondary N) is 3. The SMILES string of the molecule is CC.CC1(NCC=O)CCNCC1.CN(C)CC(=O)Nc1nc2ccc(OC(F)(F)F)cc2s1. The maximum atomic E-state index is 12.1. The maximum Gasteiger partial charge on any atom is 0.573 e. The number of fused-ring (bicyclic) bond motifs is 1. The molecule has 192 valence electrons. The Morgan fingerprint density at radius 3 is 2.50 bits per heavy atom. The van der Waals surface area contributed by atoms with Gasteiger partial charge in [-0.1, -0.05) is 25.2 Å². The topological polar surface area (TPSA) is 95.6 Å². The molecule has 0 atom stereocenters. The van der Waals surface area contributed by atoms with E-state index in [-0.39, 0.29) is 23.7 Å². The molecule has 3 N–H and O–H groups in total. The molecule has 1 fully saturated rings. The first kappa shape index (κ1) is 29.8. The van der Waals surface area contributed by atoms with Crippen LogP contribution in [0.1, 0.15) is 33.6 Å². The highest BCUT2D eigenvalue weighted by atomic mass is 32.1. The standard InChI is InChI=1S/C12H12F3N3O2S.C8H16N2O.C2H6/c1-18(2)6-10(19)17-11-16-8-4-3-7(5-9(8)21-11)20-12(13,14)15;1-8(10-6-7-11)2-4-9-5-3-8;1-2/h3-5H,6H2,1-2H3,(H,16,17,19);7,9-10H,2-6H2,1H3;1-2H3. The molecule has 1 aliphatic heterocycles. The lowest BCUT2D eigenvalue weighted by molar-refractivity contribution is -0.274. The van der Waals surface area contributed by atoms with Crippen molar-refractivity contribution in [1.29, 1.82) is 0 Å². The fourth-order valence-electron chi connectivity index (χ4n) is 3.04. The summed E-state index contributed by atoms with van der Waals surface area (Å²) in [6.45, 7) is 8.97. The zero-order chi connectivity index (χ0) is 25.8. The minimum absolute atomic E-state index is 0.187. The fraction of sp³-hybridized carbons (Fsp3) is 0.591. The maximum absolute atomic E-state index is 12.1. The van der Waals surface area contributed by atoms with Crippen molar-refractivity contribution in [2.75, 3.05) is 45.6 Å². The zero-order valence-corrected chi connectivity index (χ0v) is 21.0. The molecule has 1 aromatic carbocycles. The molecule has 1 saturated heterocycles. The fourth-order valence-corrected chi connectivity index (χ4v) is 3.96. The first-order valence-electron chi connectivity index (χ1n) is 11.0. The first-order valence-corrected chi connectivity index (χ1v) is 11.8. The molecule has 1 aromatic heterocycles. The van der Waals surface area contributed by atoms with Gasteiger partial charge in [0.15, 0.2) is 5.13 Å². The van der Waals surface area contributed by atoms with E-state index in [9.17, 15) is 22.8 Å². The second-order valence-corrected chi connectivity index (χ2v) is 8.87. The van der Waals surface area contributed by atoms with Crippen molar-refractivity contribution in [3.8, 4) is 5.75 Å². The van der Waals surface area contributed by atoms with Gasteiger partial charge in [-0.25, -0.2) is 4.98 Å². The molecule has 1 aliphatic rings. The number of piperidine rings is 1. The number of rotatable bonds is 7. The third-order valence-electron chi connectivity index (χ3n) is 4.62. The number of thiazole rings is 1. The van der Waals surface area contributed by atoms with Crippen LogP contribution in [0.15, 0.2) is 18.2 Å². The summed E-state index contributed by atoms with van der Waals surface area (Å²) >= 11 is 1.08. The van der Waals surface area contributed by atoms with E-state index in [1.165, 1.54) is 18.2 Å². The van der Waals surface area contributed by atoms with E-state index in [4.69, 9.17) is 0 Å². The highest BCUT2D eigenvalue weighted by Crippen LogP contribution is 2.31. The third kappa shape index (κ3) is 11.2. The number of benzene rings is 1. The summed E-state index contributed by atoms with van der Waals surface area (Å²) in [7, 11) is 3.50. The van der Waals surface area contributed by atoms with Crippen LogP contribution in [0.2, 0.25) is 0 Å². The number of hydrogen-bond donors (Lipinski definition) is 3. The minimum Gasteiger partial charge on any atom is -0.406 e. The summed E-state index contributed by atoms with van der Waals surface area (Å²) < 4.78 is 40.8. The van der Waals surface area contributed by atoms with Gasteiger partial charge >= 0.3 is 6.36 Å². The molecule has 1 amide bonds. The Balaban J connectivity index is 0.000000374. The number of halogens is 3. The van der Waals surface area contributed by atoms with Crippen molar-refractivity contribution in [2.45, 2.75) is 45.5 Å². The second-order valence-electron chi connectivity index (χ2n) is 7.84. The number of nitrogens with zero attached hydrogens (tertiary/aromatic N) is 2. The van der Waals surface area contributed by atoms with Crippen molar-refractivity contribution in [3.05, 3.63) is 18.2 Å². The van der Waals surface area contributed by atoms with Gasteiger partial charge in [0.1, 0.15) is 12.0 Å². The van der Waals surface area contributed by atoms with Crippen LogP contribution >= 0.6 is 11.3 Å². The summed E-state index contributed by atoms with van der Waals surface area (Å²) in [5.41, 5.74) is 0.682. The quantitative estimate of drug-likeness (QED) is 0.495. The molecule has 0 radical (unpaired) electrons. The second kappa shape index (κ2) is 14.2. The Morgan fingerprint density at radius 2 is 1.94 bits per heavy atom. The Bertz CT molecular complexity index is 900. The van der Waals surface area contributed by atoms with E-state index in [1.54, 1.807) is 19.0 Å². The van der Waals surface area contributed by atoms with Gasteiger partial charge in [0.2, 0.25) is 5.91 Å². The number of carbonyl (C=O) groups excluding carboxylic acids is 2. The number of aldehydes is 1. The van der Waals surface area contributed by atoms with Crippen LogP contribution in [0, 0.1) is 0 Å². The molecule has 2 aromatic rings. The van der Waals surface area contributed by atoms with Gasteiger partial charge in [-0.3, -0.25) is 4.79 Å². The lowest BCUT2D eigenvalue weighted by atomic mass is 9.91. The number of alkyl halides is 3. The lowest BCUT2D eigenvalue weighted by Crippen LogP contribution is -2.50. The Labute approximate surface area is 202 Å². The largest absolute Gasteiger partial charge is 0.573 e. The normalized spacial score (nSPS) is 15.0. The van der Waals surface area contributed by atoms with Gasteiger partial charge in [0, 0.05) is 11.6 Å². The van der Waals surface area contributed by atoms with Gasteiger partial charge in [0.05, 0.1) is 23.3 Å². The number of aromatic nitrogens is 1. The van der Waals surface area contributed by atoms with Gasteiger partial charge in [-0.05, 0) is 59.1 Å². The predicted molar refractivity (Wildman–Crippen MR) is 129 cm³/mol. The molecule has 2 heterocycles. The van der Waals surface area contributed by atoms with Crippen LogP contribution in [-0.4, -0.2) is 74.3 Å². The summed E-state index contributed by atoms with van der Waals surface area (Å²) in [6, 6.07) is 3.83. The summed E-state index contributed by atoms with van der Waals surface area (Å²) in [5, 5.41) is 9.46. The smallest absolute Gasteiger partial charge is 0.406 e. The number of ether oxygens (including phenoxy) is 1. The molecular formula is C22H34F3N5O3S. The molecule has 8 nitrogen and oxygen atoms in total. The van der Waals surface area contributed by atoms with Gasteiger partial charge in [-0.15, -0.1) is 13.2 Å². The van der Waals surface area contributed by atoms with Gasteiger partial charge < -0.3 is 30.4 Å². The summed E-state index contributed by atoms with van der Waals surface area (Å²) in [5.74, 6) is -0.560. The zero-order valence-electron chi connectivity index (χ0n) is 20.2. The van der Waals surface area contributed by atoms with E-state index in [1.807, 2.05) is 13.8 Å². The average Bonchev–Trinajstić information content (AvgIpc) is 3.14. The first-order chi connectivity index (χ1) is 16.0. The van der Waals surface area contributed by atoms with Crippen LogP contribution in [0.5, 0.6) is 5.75 Å². The van der Waals surface area contributed by atoms with Crippen LogP contribution < -0.4 is 20.7 Å². The van der Waals surface area contributed by atoms with Crippen molar-refractivity contribution in [1.82, 2.24) is 20.5 Å². The van der Waals surface area contributed by atoms with E-state index in [2.05, 4.69) is 32.6 Å². The molecule has 34 heavy (non-hydrogen) atoms. The molecule has 0 unspecified atom stereocenters.